The van der Waals surface area contributed by atoms with E-state index in [1.54, 1.807) is 0 Å². The lowest BCUT2D eigenvalue weighted by atomic mass is 10.3. The van der Waals surface area contributed by atoms with Crippen molar-refractivity contribution in [2.75, 3.05) is 11.9 Å². The molecule has 0 atom stereocenters. The van der Waals surface area contributed by atoms with E-state index in [4.69, 9.17) is 10.2 Å². The zero-order chi connectivity index (χ0) is 16.7. The van der Waals surface area contributed by atoms with E-state index >= 15 is 0 Å². The summed E-state index contributed by atoms with van der Waals surface area (Å²) >= 11 is 0.881. The second kappa shape index (κ2) is 7.98. The summed E-state index contributed by atoms with van der Waals surface area (Å²) in [6, 6.07) is 0.869. The van der Waals surface area contributed by atoms with Gasteiger partial charge in [-0.1, -0.05) is 6.92 Å². The minimum absolute atomic E-state index is 0.0590. The summed E-state index contributed by atoms with van der Waals surface area (Å²) in [5.74, 6) is -4.36. The fourth-order valence-electron chi connectivity index (χ4n) is 1.41. The molecular weight excluding hydrogens is 314 g/mol. The highest BCUT2D eigenvalue weighted by Crippen LogP contribution is 2.28. The van der Waals surface area contributed by atoms with Crippen molar-refractivity contribution in [2.45, 2.75) is 19.9 Å². The molecule has 120 valence electrons. The minimum Gasteiger partial charge on any atom is -0.478 e. The van der Waals surface area contributed by atoms with Gasteiger partial charge in [0.15, 0.2) is 0 Å². The zero-order valence-corrected chi connectivity index (χ0v) is 12.5. The standard InChI is InChI=1S/C12H15N3O6S/c1-2-3-13-12(21)14-5-6-4-7(10(17)18)9(22-6)15-8(16)11(19)20/h4H,2-3,5H2,1H3,(H,15,16)(H,17,18)(H,19,20)(H2,13,14,21). The van der Waals surface area contributed by atoms with E-state index in [0.29, 0.717) is 11.4 Å². The molecule has 1 rings (SSSR count). The number of carbonyl (C=O) groups is 4. The van der Waals surface area contributed by atoms with Gasteiger partial charge in [0.25, 0.3) is 0 Å². The molecule has 10 heteroatoms. The summed E-state index contributed by atoms with van der Waals surface area (Å²) in [7, 11) is 0. The molecule has 0 fully saturated rings. The molecule has 0 unspecified atom stereocenters. The van der Waals surface area contributed by atoms with Crippen LogP contribution < -0.4 is 16.0 Å². The number of nitrogens with one attached hydrogen (secondary N) is 3. The lowest BCUT2D eigenvalue weighted by molar-refractivity contribution is -0.147. The molecule has 1 aromatic heterocycles. The van der Waals surface area contributed by atoms with Crippen LogP contribution in [0.15, 0.2) is 6.07 Å². The van der Waals surface area contributed by atoms with Crippen LogP contribution in [-0.4, -0.2) is 40.6 Å². The van der Waals surface area contributed by atoms with Gasteiger partial charge in [0.2, 0.25) is 0 Å². The van der Waals surface area contributed by atoms with Crippen LogP contribution in [0.5, 0.6) is 0 Å². The second-order valence-corrected chi connectivity index (χ2v) is 5.27. The third-order valence-corrected chi connectivity index (χ3v) is 3.44. The number of aliphatic carboxylic acids is 1. The Kier molecular flexibility index (Phi) is 6.32. The number of hydrogen-bond acceptors (Lipinski definition) is 5. The molecule has 5 N–H and O–H groups in total. The van der Waals surface area contributed by atoms with E-state index in [-0.39, 0.29) is 17.1 Å². The van der Waals surface area contributed by atoms with E-state index in [9.17, 15) is 19.2 Å². The summed E-state index contributed by atoms with van der Waals surface area (Å²) in [4.78, 5) is 44.5. The minimum atomic E-state index is -1.72. The number of rotatable bonds is 6. The van der Waals surface area contributed by atoms with Crippen LogP contribution in [0, 0.1) is 0 Å². The van der Waals surface area contributed by atoms with Gasteiger partial charge in [-0.15, -0.1) is 11.3 Å². The smallest absolute Gasteiger partial charge is 0.394 e. The SMILES string of the molecule is CCCNC(=O)NCc1cc(C(=O)O)c(NC(=O)C(=O)O)s1. The number of urea groups is 1. The lowest BCUT2D eigenvalue weighted by Crippen LogP contribution is -2.35. The van der Waals surface area contributed by atoms with Crippen LogP contribution in [0.1, 0.15) is 28.6 Å². The molecule has 1 aromatic rings. The van der Waals surface area contributed by atoms with Gasteiger partial charge in [-0.2, -0.15) is 0 Å². The number of carboxylic acid groups (broad SMARTS) is 2. The topological polar surface area (TPSA) is 145 Å². The van der Waals surface area contributed by atoms with Gasteiger partial charge >= 0.3 is 23.9 Å². The van der Waals surface area contributed by atoms with Crippen LogP contribution in [0.4, 0.5) is 9.80 Å². The highest BCUT2D eigenvalue weighted by molar-refractivity contribution is 7.16. The predicted octanol–water partition coefficient (Wildman–Crippen LogP) is 0.679. The Morgan fingerprint density at radius 3 is 2.41 bits per heavy atom. The number of aromatic carboxylic acids is 1. The first-order valence-corrected chi connectivity index (χ1v) is 7.08. The third-order valence-electron chi connectivity index (χ3n) is 2.39. The fourth-order valence-corrected chi connectivity index (χ4v) is 2.39. The summed E-state index contributed by atoms with van der Waals surface area (Å²) in [5.41, 5.74) is -0.231. The molecular formula is C12H15N3O6S. The number of hydrogen-bond donors (Lipinski definition) is 5. The summed E-state index contributed by atoms with van der Waals surface area (Å²) < 4.78 is 0. The van der Waals surface area contributed by atoms with E-state index in [1.165, 1.54) is 6.07 Å². The van der Waals surface area contributed by atoms with Gasteiger partial charge in [-0.05, 0) is 12.5 Å². The molecule has 0 aromatic carbocycles. The molecule has 0 spiro atoms. The van der Waals surface area contributed by atoms with E-state index in [0.717, 1.165) is 17.8 Å². The Balaban J connectivity index is 2.77. The molecule has 0 aliphatic rings. The van der Waals surface area contributed by atoms with Gasteiger partial charge in [0, 0.05) is 11.4 Å². The Labute approximate surface area is 129 Å². The van der Waals surface area contributed by atoms with Gasteiger partial charge in [0.05, 0.1) is 12.1 Å². The maximum Gasteiger partial charge on any atom is 0.394 e. The van der Waals surface area contributed by atoms with Crippen molar-refractivity contribution < 1.29 is 29.4 Å². The van der Waals surface area contributed by atoms with Crippen molar-refractivity contribution in [3.63, 3.8) is 0 Å². The van der Waals surface area contributed by atoms with E-state index in [1.807, 2.05) is 12.2 Å². The molecule has 0 bridgehead atoms. The molecule has 9 nitrogen and oxygen atoms in total. The van der Waals surface area contributed by atoms with Crippen molar-refractivity contribution in [1.29, 1.82) is 0 Å². The highest BCUT2D eigenvalue weighted by Gasteiger charge is 2.20. The predicted molar refractivity (Wildman–Crippen MR) is 78.1 cm³/mol. The number of amides is 3. The molecule has 0 aliphatic heterocycles. The average Bonchev–Trinajstić information content (AvgIpc) is 2.85. The summed E-state index contributed by atoms with van der Waals surface area (Å²) in [5, 5.41) is 24.6. The number of thiophene rings is 1. The maximum absolute atomic E-state index is 11.4. The second-order valence-electron chi connectivity index (χ2n) is 4.13. The van der Waals surface area contributed by atoms with Crippen LogP contribution >= 0.6 is 11.3 Å². The van der Waals surface area contributed by atoms with Crippen LogP contribution in [0.3, 0.4) is 0 Å². The van der Waals surface area contributed by atoms with Crippen molar-refractivity contribution in [3.05, 3.63) is 16.5 Å². The first kappa shape index (κ1) is 17.4. The molecule has 3 amide bonds. The molecule has 0 aliphatic carbocycles. The molecule has 22 heavy (non-hydrogen) atoms. The molecule has 0 saturated carbocycles. The van der Waals surface area contributed by atoms with Crippen LogP contribution in [0.25, 0.3) is 0 Å². The number of carboxylic acids is 2. The first-order valence-electron chi connectivity index (χ1n) is 6.27. The van der Waals surface area contributed by atoms with Crippen molar-refractivity contribution >= 4 is 40.2 Å². The normalized spacial score (nSPS) is 9.86. The Morgan fingerprint density at radius 2 is 1.86 bits per heavy atom. The zero-order valence-electron chi connectivity index (χ0n) is 11.6. The van der Waals surface area contributed by atoms with Gasteiger partial charge in [0.1, 0.15) is 5.00 Å². The fraction of sp³-hybridized carbons (Fsp3) is 0.333. The first-order chi connectivity index (χ1) is 10.3. The van der Waals surface area contributed by atoms with Crippen LogP contribution in [-0.2, 0) is 16.1 Å². The largest absolute Gasteiger partial charge is 0.478 e. The molecule has 0 saturated heterocycles. The summed E-state index contributed by atoms with van der Waals surface area (Å²) in [6.07, 6.45) is 0.779. The molecule has 0 radical (unpaired) electrons. The number of anilines is 1. The highest BCUT2D eigenvalue weighted by atomic mass is 32.1. The monoisotopic (exact) mass is 329 g/mol. The quantitative estimate of drug-likeness (QED) is 0.485. The Bertz CT molecular complexity index is 598. The van der Waals surface area contributed by atoms with E-state index in [2.05, 4.69) is 10.6 Å². The van der Waals surface area contributed by atoms with Crippen molar-refractivity contribution in [2.24, 2.45) is 0 Å². The van der Waals surface area contributed by atoms with Crippen LogP contribution in [0.2, 0.25) is 0 Å². The van der Waals surface area contributed by atoms with Crippen molar-refractivity contribution in [3.8, 4) is 0 Å². The van der Waals surface area contributed by atoms with Gasteiger partial charge in [-0.3, -0.25) is 4.79 Å². The van der Waals surface area contributed by atoms with Gasteiger partial charge < -0.3 is 26.2 Å². The lowest BCUT2D eigenvalue weighted by Gasteiger charge is -2.04. The molecule has 1 heterocycles. The van der Waals surface area contributed by atoms with Gasteiger partial charge in [-0.25, -0.2) is 14.4 Å². The third kappa shape index (κ3) is 5.05. The Morgan fingerprint density at radius 1 is 1.18 bits per heavy atom. The van der Waals surface area contributed by atoms with Crippen molar-refractivity contribution in [1.82, 2.24) is 10.6 Å². The summed E-state index contributed by atoms with van der Waals surface area (Å²) in [6.45, 7) is 2.47. The Hall–Kier alpha value is -2.62. The van der Waals surface area contributed by atoms with E-state index < -0.39 is 23.9 Å². The number of carbonyl (C=O) groups excluding carboxylic acids is 2. The maximum atomic E-state index is 11.4. The average molecular weight is 329 g/mol.